The van der Waals surface area contributed by atoms with E-state index in [1.165, 1.54) is 28.9 Å². The van der Waals surface area contributed by atoms with Crippen LogP contribution in [0.3, 0.4) is 0 Å². The molecule has 1 N–H and O–H groups in total. The van der Waals surface area contributed by atoms with Gasteiger partial charge in [-0.05, 0) is 60.6 Å². The quantitative estimate of drug-likeness (QED) is 0.732. The lowest BCUT2D eigenvalue weighted by molar-refractivity contribution is -0.255. The summed E-state index contributed by atoms with van der Waals surface area (Å²) in [6, 6.07) is 3.64. The number of aryl methyl sites for hydroxylation is 2. The topological polar surface area (TPSA) is 118 Å². The van der Waals surface area contributed by atoms with Crippen LogP contribution < -0.4 is 15.5 Å². The summed E-state index contributed by atoms with van der Waals surface area (Å²) < 4.78 is 0. The van der Waals surface area contributed by atoms with Crippen LogP contribution in [0, 0.1) is 0 Å². The van der Waals surface area contributed by atoms with E-state index in [4.69, 9.17) is 0 Å². The minimum Gasteiger partial charge on any atom is -0.545 e. The van der Waals surface area contributed by atoms with E-state index in [1.54, 1.807) is 11.3 Å². The number of carbonyl (C=O) groups excluding carboxylic acids is 2. The zero-order chi connectivity index (χ0) is 18.3. The fourth-order valence-corrected chi connectivity index (χ4v) is 4.49. The summed E-state index contributed by atoms with van der Waals surface area (Å²) in [4.78, 5) is 33.1. The standard InChI is InChI=1S/C18H15N3O4S/c22-17(23)9-5-10(18(24)25)7-11(6-9)21-15-14-12-3-1-2-4-13(12)26-16(14)20-8-19-15/h5-8H,1-4H2,(H,22,23)(H,24,25)(H,19,20,21)/p-2. The molecule has 0 spiro atoms. The molecule has 0 bridgehead atoms. The second kappa shape index (κ2) is 6.38. The molecule has 2 aromatic heterocycles. The number of thiophene rings is 1. The Balaban J connectivity index is 1.81. The van der Waals surface area contributed by atoms with Crippen molar-refractivity contribution in [2.75, 3.05) is 5.32 Å². The number of rotatable bonds is 4. The molecule has 0 fully saturated rings. The van der Waals surface area contributed by atoms with Crippen molar-refractivity contribution in [2.45, 2.75) is 25.7 Å². The number of carboxylic acids is 2. The van der Waals surface area contributed by atoms with Gasteiger partial charge in [-0.15, -0.1) is 11.3 Å². The maximum atomic E-state index is 11.2. The van der Waals surface area contributed by atoms with Gasteiger partial charge in [0.1, 0.15) is 17.0 Å². The first-order chi connectivity index (χ1) is 12.5. The third-order valence-electron chi connectivity index (χ3n) is 4.42. The van der Waals surface area contributed by atoms with E-state index in [1.807, 2.05) is 0 Å². The van der Waals surface area contributed by atoms with Gasteiger partial charge in [0, 0.05) is 10.6 Å². The number of hydrogen-bond acceptors (Lipinski definition) is 8. The highest BCUT2D eigenvalue weighted by molar-refractivity contribution is 7.19. The Morgan fingerprint density at radius 3 is 2.38 bits per heavy atom. The highest BCUT2D eigenvalue weighted by Crippen LogP contribution is 2.38. The Morgan fingerprint density at radius 1 is 1.00 bits per heavy atom. The van der Waals surface area contributed by atoms with Crippen LogP contribution in [0.25, 0.3) is 10.2 Å². The van der Waals surface area contributed by atoms with Crippen molar-refractivity contribution in [2.24, 2.45) is 0 Å². The largest absolute Gasteiger partial charge is 0.545 e. The maximum absolute atomic E-state index is 11.2. The second-order valence-electron chi connectivity index (χ2n) is 6.11. The molecule has 0 aliphatic heterocycles. The minimum absolute atomic E-state index is 0.244. The number of aromatic carboxylic acids is 2. The molecule has 1 aliphatic rings. The van der Waals surface area contributed by atoms with Crippen molar-refractivity contribution in [3.63, 3.8) is 0 Å². The van der Waals surface area contributed by atoms with Gasteiger partial charge < -0.3 is 25.1 Å². The first kappa shape index (κ1) is 16.5. The molecule has 26 heavy (non-hydrogen) atoms. The second-order valence-corrected chi connectivity index (χ2v) is 7.20. The number of anilines is 2. The molecule has 0 saturated carbocycles. The number of nitrogens with one attached hydrogen (secondary N) is 1. The number of aromatic nitrogens is 2. The van der Waals surface area contributed by atoms with E-state index in [0.29, 0.717) is 11.5 Å². The van der Waals surface area contributed by atoms with Gasteiger partial charge in [0.2, 0.25) is 0 Å². The zero-order valence-electron chi connectivity index (χ0n) is 13.6. The Bertz CT molecular complexity index is 1010. The molecule has 3 aromatic rings. The van der Waals surface area contributed by atoms with Gasteiger partial charge in [0.15, 0.2) is 0 Å². The van der Waals surface area contributed by atoms with Crippen molar-refractivity contribution >= 4 is 45.0 Å². The van der Waals surface area contributed by atoms with Gasteiger partial charge in [-0.3, -0.25) is 0 Å². The summed E-state index contributed by atoms with van der Waals surface area (Å²) in [5.74, 6) is -2.39. The van der Waals surface area contributed by atoms with Gasteiger partial charge in [-0.25, -0.2) is 9.97 Å². The van der Waals surface area contributed by atoms with Crippen LogP contribution in [0.15, 0.2) is 24.5 Å². The van der Waals surface area contributed by atoms with Crippen molar-refractivity contribution in [1.29, 1.82) is 0 Å². The van der Waals surface area contributed by atoms with Crippen LogP contribution in [0.2, 0.25) is 0 Å². The summed E-state index contributed by atoms with van der Waals surface area (Å²) in [6.07, 6.45) is 5.65. The highest BCUT2D eigenvalue weighted by Gasteiger charge is 2.20. The molecule has 7 nitrogen and oxygen atoms in total. The lowest BCUT2D eigenvalue weighted by Crippen LogP contribution is -2.25. The lowest BCUT2D eigenvalue weighted by atomic mass is 9.97. The van der Waals surface area contributed by atoms with Crippen LogP contribution >= 0.6 is 11.3 Å². The first-order valence-corrected chi connectivity index (χ1v) is 8.94. The van der Waals surface area contributed by atoms with Crippen molar-refractivity contribution in [3.05, 3.63) is 46.1 Å². The molecule has 0 radical (unpaired) electrons. The first-order valence-electron chi connectivity index (χ1n) is 8.13. The van der Waals surface area contributed by atoms with Crippen molar-refractivity contribution < 1.29 is 19.8 Å². The Labute approximate surface area is 152 Å². The SMILES string of the molecule is O=C([O-])c1cc(Nc2ncnc3sc4c(c23)CCCC4)cc(C(=O)[O-])c1. The van der Waals surface area contributed by atoms with Gasteiger partial charge >= 0.3 is 0 Å². The van der Waals surface area contributed by atoms with Crippen molar-refractivity contribution in [3.8, 4) is 0 Å². The number of carbonyl (C=O) groups is 2. The summed E-state index contributed by atoms with van der Waals surface area (Å²) in [5.41, 5.74) is 1.02. The molecule has 0 saturated heterocycles. The summed E-state index contributed by atoms with van der Waals surface area (Å²) in [5, 5.41) is 26.3. The summed E-state index contributed by atoms with van der Waals surface area (Å²) >= 11 is 1.64. The minimum atomic E-state index is -1.46. The lowest BCUT2D eigenvalue weighted by Gasteiger charge is -2.14. The van der Waals surface area contributed by atoms with E-state index < -0.39 is 11.9 Å². The monoisotopic (exact) mass is 367 g/mol. The van der Waals surface area contributed by atoms with Crippen LogP contribution in [0.1, 0.15) is 44.0 Å². The molecular formula is C18H13N3O4S-2. The number of nitrogens with zero attached hydrogens (tertiary/aromatic N) is 2. The van der Waals surface area contributed by atoms with E-state index in [-0.39, 0.29) is 11.1 Å². The Morgan fingerprint density at radius 2 is 1.69 bits per heavy atom. The fourth-order valence-electron chi connectivity index (χ4n) is 3.26. The predicted octanol–water partition coefficient (Wildman–Crippen LogP) is 1.04. The smallest absolute Gasteiger partial charge is 0.142 e. The average Bonchev–Trinajstić information content (AvgIpc) is 3.01. The number of fused-ring (bicyclic) bond motifs is 3. The Hall–Kier alpha value is -3.00. The summed E-state index contributed by atoms with van der Waals surface area (Å²) in [7, 11) is 0. The zero-order valence-corrected chi connectivity index (χ0v) is 14.4. The molecule has 0 atom stereocenters. The normalized spacial score (nSPS) is 13.4. The Kier molecular flexibility index (Phi) is 4.04. The van der Waals surface area contributed by atoms with E-state index in [0.717, 1.165) is 42.0 Å². The number of hydrogen-bond donors (Lipinski definition) is 1. The molecule has 132 valence electrons. The van der Waals surface area contributed by atoms with Crippen LogP contribution in [0.4, 0.5) is 11.5 Å². The van der Waals surface area contributed by atoms with Gasteiger partial charge in [0.05, 0.1) is 17.3 Å². The molecule has 1 aromatic carbocycles. The van der Waals surface area contributed by atoms with Gasteiger partial charge in [0.25, 0.3) is 0 Å². The third-order valence-corrected chi connectivity index (χ3v) is 5.62. The molecule has 1 aliphatic carbocycles. The van der Waals surface area contributed by atoms with Crippen LogP contribution in [0.5, 0.6) is 0 Å². The molecule has 2 heterocycles. The number of benzene rings is 1. The van der Waals surface area contributed by atoms with Gasteiger partial charge in [-0.1, -0.05) is 0 Å². The number of carboxylic acid groups (broad SMARTS) is 2. The van der Waals surface area contributed by atoms with E-state index in [9.17, 15) is 19.8 Å². The van der Waals surface area contributed by atoms with Crippen LogP contribution in [-0.4, -0.2) is 21.9 Å². The fraction of sp³-hybridized carbons (Fsp3) is 0.222. The maximum Gasteiger partial charge on any atom is 0.142 e. The molecule has 0 amide bonds. The van der Waals surface area contributed by atoms with E-state index in [2.05, 4.69) is 15.3 Å². The molecular weight excluding hydrogens is 354 g/mol. The van der Waals surface area contributed by atoms with Gasteiger partial charge in [-0.2, -0.15) is 0 Å². The summed E-state index contributed by atoms with van der Waals surface area (Å²) in [6.45, 7) is 0. The molecule has 8 heteroatoms. The average molecular weight is 367 g/mol. The van der Waals surface area contributed by atoms with E-state index >= 15 is 0 Å². The van der Waals surface area contributed by atoms with Crippen molar-refractivity contribution in [1.82, 2.24) is 9.97 Å². The molecule has 4 rings (SSSR count). The highest BCUT2D eigenvalue weighted by atomic mass is 32.1. The third kappa shape index (κ3) is 2.88. The molecule has 0 unspecified atom stereocenters. The predicted molar refractivity (Wildman–Crippen MR) is 92.4 cm³/mol. The van der Waals surface area contributed by atoms with Crippen LogP contribution in [-0.2, 0) is 12.8 Å².